The second-order valence-corrected chi connectivity index (χ2v) is 8.56. The van der Waals surface area contributed by atoms with Gasteiger partial charge in [-0.25, -0.2) is 20.0 Å². The lowest BCUT2D eigenvalue weighted by molar-refractivity contribution is -0.0533. The van der Waals surface area contributed by atoms with Crippen molar-refractivity contribution >= 4 is 22.9 Å². The SMILES string of the molecule is CN1CCN(N2CN=C3NC4(CCCC4)n4c(nc5ccccc54)N3C2)CC1. The molecule has 28 heavy (non-hydrogen) atoms. The molecular weight excluding hydrogens is 352 g/mol. The molecule has 4 heterocycles. The highest BCUT2D eigenvalue weighted by atomic mass is 15.7. The molecule has 1 N–H and O–H groups in total. The fourth-order valence-corrected chi connectivity index (χ4v) is 5.22. The zero-order chi connectivity index (χ0) is 18.7. The van der Waals surface area contributed by atoms with E-state index in [1.165, 1.54) is 18.4 Å². The Kier molecular flexibility index (Phi) is 3.69. The Labute approximate surface area is 165 Å². The first-order chi connectivity index (χ1) is 13.7. The van der Waals surface area contributed by atoms with E-state index >= 15 is 0 Å². The minimum Gasteiger partial charge on any atom is -0.333 e. The van der Waals surface area contributed by atoms with Crippen molar-refractivity contribution < 1.29 is 0 Å². The summed E-state index contributed by atoms with van der Waals surface area (Å²) in [7, 11) is 2.20. The first kappa shape index (κ1) is 16.8. The maximum Gasteiger partial charge on any atom is 0.216 e. The molecule has 0 atom stereocenters. The maximum atomic E-state index is 5.06. The molecule has 2 aromatic rings. The van der Waals surface area contributed by atoms with E-state index in [4.69, 9.17) is 9.98 Å². The highest BCUT2D eigenvalue weighted by Gasteiger charge is 2.46. The number of rotatable bonds is 1. The minimum atomic E-state index is -0.0726. The van der Waals surface area contributed by atoms with Gasteiger partial charge in [-0.15, -0.1) is 0 Å². The van der Waals surface area contributed by atoms with Gasteiger partial charge in [0, 0.05) is 26.2 Å². The molecule has 8 heteroatoms. The van der Waals surface area contributed by atoms with Crippen molar-refractivity contribution in [3.05, 3.63) is 24.3 Å². The predicted octanol–water partition coefficient (Wildman–Crippen LogP) is 1.42. The molecule has 0 unspecified atom stereocenters. The summed E-state index contributed by atoms with van der Waals surface area (Å²) in [6, 6.07) is 8.54. The van der Waals surface area contributed by atoms with Gasteiger partial charge in [-0.05, 0) is 44.9 Å². The number of imidazole rings is 1. The van der Waals surface area contributed by atoms with Crippen LogP contribution in [-0.4, -0.2) is 77.0 Å². The van der Waals surface area contributed by atoms with Crippen molar-refractivity contribution in [1.82, 2.24) is 29.8 Å². The lowest BCUT2D eigenvalue weighted by Gasteiger charge is -2.49. The fraction of sp³-hybridized carbons (Fsp3) is 0.600. The molecule has 1 aromatic carbocycles. The number of hydrazine groups is 1. The molecule has 8 nitrogen and oxygen atoms in total. The summed E-state index contributed by atoms with van der Waals surface area (Å²) in [6.45, 7) is 5.85. The van der Waals surface area contributed by atoms with Gasteiger partial charge >= 0.3 is 0 Å². The van der Waals surface area contributed by atoms with Crippen LogP contribution < -0.4 is 10.2 Å². The Balaban J connectivity index is 1.41. The summed E-state index contributed by atoms with van der Waals surface area (Å²) in [5.74, 6) is 2.04. The van der Waals surface area contributed by atoms with E-state index in [0.29, 0.717) is 0 Å². The Morgan fingerprint density at radius 3 is 2.61 bits per heavy atom. The number of hydrogen-bond donors (Lipinski definition) is 1. The molecule has 1 saturated carbocycles. The number of guanidine groups is 1. The molecule has 0 bridgehead atoms. The number of anilines is 1. The largest absolute Gasteiger partial charge is 0.333 e. The van der Waals surface area contributed by atoms with E-state index in [1.807, 2.05) is 0 Å². The van der Waals surface area contributed by atoms with Crippen molar-refractivity contribution in [2.45, 2.75) is 31.3 Å². The molecule has 0 radical (unpaired) electrons. The van der Waals surface area contributed by atoms with Gasteiger partial charge < -0.3 is 10.2 Å². The quantitative estimate of drug-likeness (QED) is 0.808. The Hall–Kier alpha value is -2.16. The van der Waals surface area contributed by atoms with E-state index < -0.39 is 0 Å². The van der Waals surface area contributed by atoms with Gasteiger partial charge in [0.05, 0.1) is 17.7 Å². The normalized spacial score (nSPS) is 25.6. The molecule has 1 saturated heterocycles. The predicted molar refractivity (Wildman–Crippen MR) is 110 cm³/mol. The summed E-state index contributed by atoms with van der Waals surface area (Å²) in [6.07, 6.45) is 4.77. The maximum absolute atomic E-state index is 5.06. The summed E-state index contributed by atoms with van der Waals surface area (Å²) in [4.78, 5) is 14.7. The van der Waals surface area contributed by atoms with Crippen molar-refractivity contribution in [2.24, 2.45) is 4.99 Å². The van der Waals surface area contributed by atoms with Crippen LogP contribution >= 0.6 is 0 Å². The number of fused-ring (bicyclic) bond motifs is 6. The van der Waals surface area contributed by atoms with Crippen molar-refractivity contribution in [2.75, 3.05) is 51.5 Å². The van der Waals surface area contributed by atoms with Gasteiger partial charge in [-0.1, -0.05) is 12.1 Å². The summed E-state index contributed by atoms with van der Waals surface area (Å²) < 4.78 is 2.46. The van der Waals surface area contributed by atoms with E-state index in [0.717, 1.165) is 69.8 Å². The van der Waals surface area contributed by atoms with Crippen LogP contribution in [0.25, 0.3) is 11.0 Å². The summed E-state index contributed by atoms with van der Waals surface area (Å²) >= 11 is 0. The Morgan fingerprint density at radius 1 is 1.00 bits per heavy atom. The van der Waals surface area contributed by atoms with Gasteiger partial charge in [0.25, 0.3) is 0 Å². The average molecular weight is 381 g/mol. The molecule has 1 aromatic heterocycles. The smallest absolute Gasteiger partial charge is 0.216 e. The molecular formula is C20H28N8. The zero-order valence-electron chi connectivity index (χ0n) is 16.5. The fourth-order valence-electron chi connectivity index (χ4n) is 5.22. The van der Waals surface area contributed by atoms with Gasteiger partial charge in [0.15, 0.2) is 0 Å². The highest BCUT2D eigenvalue weighted by molar-refractivity contribution is 5.99. The van der Waals surface area contributed by atoms with Crippen LogP contribution in [0.5, 0.6) is 0 Å². The van der Waals surface area contributed by atoms with Crippen LogP contribution in [0.4, 0.5) is 5.95 Å². The highest BCUT2D eigenvalue weighted by Crippen LogP contribution is 2.43. The van der Waals surface area contributed by atoms with E-state index in [1.54, 1.807) is 0 Å². The minimum absolute atomic E-state index is 0.0726. The summed E-state index contributed by atoms with van der Waals surface area (Å²) in [5.41, 5.74) is 2.22. The number of nitrogens with one attached hydrogen (secondary N) is 1. The van der Waals surface area contributed by atoms with Crippen LogP contribution in [0.1, 0.15) is 25.7 Å². The van der Waals surface area contributed by atoms with E-state index in [2.05, 4.69) is 61.0 Å². The number of aliphatic imine (C=N–C) groups is 1. The number of para-hydroxylation sites is 2. The van der Waals surface area contributed by atoms with Gasteiger partial charge in [-0.3, -0.25) is 9.47 Å². The molecule has 148 valence electrons. The van der Waals surface area contributed by atoms with Crippen molar-refractivity contribution in [3.63, 3.8) is 0 Å². The number of benzene rings is 1. The van der Waals surface area contributed by atoms with Crippen LogP contribution in [0, 0.1) is 0 Å². The monoisotopic (exact) mass is 380 g/mol. The second kappa shape index (κ2) is 6.17. The molecule has 2 fully saturated rings. The van der Waals surface area contributed by atoms with Crippen LogP contribution in [0.15, 0.2) is 29.3 Å². The zero-order valence-corrected chi connectivity index (χ0v) is 16.5. The van der Waals surface area contributed by atoms with Gasteiger partial charge in [-0.2, -0.15) is 0 Å². The first-order valence-electron chi connectivity index (χ1n) is 10.5. The Bertz CT molecular complexity index is 919. The Morgan fingerprint density at radius 2 is 1.79 bits per heavy atom. The lowest BCUT2D eigenvalue weighted by atomic mass is 10.1. The molecule has 1 aliphatic carbocycles. The van der Waals surface area contributed by atoms with Crippen LogP contribution in [0.3, 0.4) is 0 Å². The number of hydrogen-bond acceptors (Lipinski definition) is 7. The third-order valence-corrected chi connectivity index (χ3v) is 6.81. The standard InChI is InChI=1S/C20H28N8/c1-24-10-12-25(13-11-24)26-14-21-18-23-20(8-4-5-9-20)28-17-7-3-2-6-16(17)22-19(28)27(18)15-26/h2-3,6-7H,4-5,8-15H2,1H3,(H,21,23). The van der Waals surface area contributed by atoms with E-state index in [-0.39, 0.29) is 5.66 Å². The first-order valence-corrected chi connectivity index (χ1v) is 10.5. The van der Waals surface area contributed by atoms with Crippen molar-refractivity contribution in [3.8, 4) is 0 Å². The molecule has 1 spiro atoms. The number of nitrogens with zero attached hydrogens (tertiary/aromatic N) is 7. The van der Waals surface area contributed by atoms with Gasteiger partial charge in [0.1, 0.15) is 12.3 Å². The lowest BCUT2D eigenvalue weighted by Crippen LogP contribution is -2.66. The summed E-state index contributed by atoms with van der Waals surface area (Å²) in [5, 5.41) is 8.66. The number of piperazine rings is 1. The average Bonchev–Trinajstić information content (AvgIpc) is 3.34. The topological polar surface area (TPSA) is 55.2 Å². The van der Waals surface area contributed by atoms with Gasteiger partial charge in [0.2, 0.25) is 11.9 Å². The third-order valence-electron chi connectivity index (χ3n) is 6.81. The third kappa shape index (κ3) is 2.41. The molecule has 4 aliphatic rings. The van der Waals surface area contributed by atoms with Crippen molar-refractivity contribution in [1.29, 1.82) is 0 Å². The van der Waals surface area contributed by atoms with E-state index in [9.17, 15) is 0 Å². The molecule has 6 rings (SSSR count). The molecule has 3 aliphatic heterocycles. The number of aromatic nitrogens is 2. The number of likely N-dealkylation sites (N-methyl/N-ethyl adjacent to an activating group) is 1. The second-order valence-electron chi connectivity index (χ2n) is 8.56. The van der Waals surface area contributed by atoms with Crippen LogP contribution in [-0.2, 0) is 5.66 Å². The molecule has 0 amide bonds. The van der Waals surface area contributed by atoms with Crippen LogP contribution in [0.2, 0.25) is 0 Å².